The fourth-order valence-electron chi connectivity index (χ4n) is 1.26. The van der Waals surface area contributed by atoms with Gasteiger partial charge in [-0.3, -0.25) is 4.79 Å². The third kappa shape index (κ3) is 3.36. The fourth-order valence-corrected chi connectivity index (χ4v) is 2.48. The smallest absolute Gasteiger partial charge is 0.242 e. The molecule has 0 amide bonds. The van der Waals surface area contributed by atoms with Gasteiger partial charge in [-0.1, -0.05) is 11.6 Å². The van der Waals surface area contributed by atoms with Gasteiger partial charge in [0.2, 0.25) is 8.32 Å². The molecular weight excluding hydrogens is 228 g/mol. The van der Waals surface area contributed by atoms with Crippen molar-refractivity contribution in [2.24, 2.45) is 0 Å². The molecule has 0 aliphatic heterocycles. The maximum atomic E-state index is 10.9. The van der Waals surface area contributed by atoms with Crippen LogP contribution in [0.5, 0.6) is 5.75 Å². The standard InChI is InChI=1S/C11H15ClO2Si/c1-8-5-9(7-13)11(10(12)6-8)14-15(2,3)4/h5-7H,1-4H3. The highest BCUT2D eigenvalue weighted by molar-refractivity contribution is 6.70. The molecule has 1 aromatic rings. The van der Waals surface area contributed by atoms with Gasteiger partial charge in [0.05, 0.1) is 10.6 Å². The van der Waals surface area contributed by atoms with Crippen molar-refractivity contribution < 1.29 is 9.22 Å². The zero-order valence-corrected chi connectivity index (χ0v) is 11.2. The Kier molecular flexibility index (Phi) is 3.57. The van der Waals surface area contributed by atoms with Gasteiger partial charge in [-0.25, -0.2) is 0 Å². The summed E-state index contributed by atoms with van der Waals surface area (Å²) in [5.74, 6) is 0.524. The maximum Gasteiger partial charge on any atom is 0.242 e. The minimum absolute atomic E-state index is 0.513. The number of hydrogen-bond donors (Lipinski definition) is 0. The highest BCUT2D eigenvalue weighted by Crippen LogP contribution is 2.31. The Balaban J connectivity index is 3.21. The third-order valence-corrected chi connectivity index (χ3v) is 2.85. The summed E-state index contributed by atoms with van der Waals surface area (Å²) in [6.07, 6.45) is 0.786. The van der Waals surface area contributed by atoms with Crippen LogP contribution >= 0.6 is 11.6 Å². The van der Waals surface area contributed by atoms with E-state index in [1.807, 2.05) is 13.0 Å². The van der Waals surface area contributed by atoms with Gasteiger partial charge in [-0.2, -0.15) is 0 Å². The van der Waals surface area contributed by atoms with Crippen LogP contribution in [0.4, 0.5) is 0 Å². The molecule has 0 saturated carbocycles. The van der Waals surface area contributed by atoms with Crippen LogP contribution in [0.25, 0.3) is 0 Å². The number of aldehydes is 1. The van der Waals surface area contributed by atoms with Crippen molar-refractivity contribution in [3.8, 4) is 5.75 Å². The summed E-state index contributed by atoms with van der Waals surface area (Å²) in [4.78, 5) is 10.9. The lowest BCUT2D eigenvalue weighted by Crippen LogP contribution is -2.30. The number of rotatable bonds is 3. The Morgan fingerprint density at radius 1 is 1.33 bits per heavy atom. The van der Waals surface area contributed by atoms with Crippen LogP contribution in [0.15, 0.2) is 12.1 Å². The molecule has 0 fully saturated rings. The zero-order chi connectivity index (χ0) is 11.6. The Hall–Kier alpha value is -0.803. The van der Waals surface area contributed by atoms with Crippen molar-refractivity contribution in [3.05, 3.63) is 28.3 Å². The lowest BCUT2D eigenvalue weighted by atomic mass is 10.1. The first kappa shape index (κ1) is 12.3. The van der Waals surface area contributed by atoms with Crippen molar-refractivity contribution in [2.45, 2.75) is 26.6 Å². The average Bonchev–Trinajstić information content (AvgIpc) is 2.07. The highest BCUT2D eigenvalue weighted by Gasteiger charge is 2.20. The van der Waals surface area contributed by atoms with Crippen molar-refractivity contribution >= 4 is 26.2 Å². The summed E-state index contributed by atoms with van der Waals surface area (Å²) in [6, 6.07) is 3.60. The number of benzene rings is 1. The summed E-state index contributed by atoms with van der Waals surface area (Å²) in [6.45, 7) is 8.06. The lowest BCUT2D eigenvalue weighted by Gasteiger charge is -2.21. The molecule has 15 heavy (non-hydrogen) atoms. The first-order valence-corrected chi connectivity index (χ1v) is 8.56. The van der Waals surface area contributed by atoms with Gasteiger partial charge in [-0.05, 0) is 44.3 Å². The molecule has 0 spiro atoms. The van der Waals surface area contributed by atoms with E-state index in [1.165, 1.54) is 0 Å². The molecule has 0 radical (unpaired) electrons. The molecular formula is C11H15ClO2Si. The van der Waals surface area contributed by atoms with E-state index in [0.29, 0.717) is 16.3 Å². The molecule has 0 atom stereocenters. The SMILES string of the molecule is Cc1cc(Cl)c(O[Si](C)(C)C)c(C=O)c1. The summed E-state index contributed by atoms with van der Waals surface area (Å²) in [5.41, 5.74) is 1.49. The monoisotopic (exact) mass is 242 g/mol. The lowest BCUT2D eigenvalue weighted by molar-refractivity contribution is 0.112. The molecule has 0 bridgehead atoms. The first-order chi connectivity index (χ1) is 6.83. The Morgan fingerprint density at radius 3 is 2.40 bits per heavy atom. The molecule has 4 heteroatoms. The quantitative estimate of drug-likeness (QED) is 0.597. The predicted molar refractivity (Wildman–Crippen MR) is 65.6 cm³/mol. The Labute approximate surface area is 96.3 Å². The second kappa shape index (κ2) is 4.37. The number of carbonyl (C=O) groups excluding carboxylic acids is 1. The maximum absolute atomic E-state index is 10.9. The summed E-state index contributed by atoms with van der Waals surface area (Å²) in [7, 11) is -1.74. The van der Waals surface area contributed by atoms with E-state index >= 15 is 0 Å². The van der Waals surface area contributed by atoms with Gasteiger partial charge in [-0.15, -0.1) is 0 Å². The second-order valence-electron chi connectivity index (χ2n) is 4.50. The van der Waals surface area contributed by atoms with Gasteiger partial charge in [0.15, 0.2) is 6.29 Å². The van der Waals surface area contributed by atoms with Gasteiger partial charge in [0.25, 0.3) is 0 Å². The molecule has 0 aliphatic rings. The number of aryl methyl sites for hydroxylation is 1. The van der Waals surface area contributed by atoms with E-state index in [0.717, 1.165) is 11.8 Å². The van der Waals surface area contributed by atoms with Crippen LogP contribution in [0.1, 0.15) is 15.9 Å². The van der Waals surface area contributed by atoms with Crippen molar-refractivity contribution in [2.75, 3.05) is 0 Å². The molecule has 2 nitrogen and oxygen atoms in total. The third-order valence-electron chi connectivity index (χ3n) is 1.75. The molecule has 0 aliphatic carbocycles. The van der Waals surface area contributed by atoms with E-state index in [-0.39, 0.29) is 0 Å². The average molecular weight is 243 g/mol. The normalized spacial score (nSPS) is 11.3. The van der Waals surface area contributed by atoms with Crippen LogP contribution in [-0.4, -0.2) is 14.6 Å². The van der Waals surface area contributed by atoms with E-state index in [4.69, 9.17) is 16.0 Å². The molecule has 0 saturated heterocycles. The van der Waals surface area contributed by atoms with Crippen LogP contribution in [0, 0.1) is 6.92 Å². The van der Waals surface area contributed by atoms with Gasteiger partial charge >= 0.3 is 0 Å². The molecule has 82 valence electrons. The molecule has 1 rings (SSSR count). The van der Waals surface area contributed by atoms with Crippen molar-refractivity contribution in [1.82, 2.24) is 0 Å². The zero-order valence-electron chi connectivity index (χ0n) is 9.43. The molecule has 0 aromatic heterocycles. The summed E-state index contributed by atoms with van der Waals surface area (Å²) < 4.78 is 5.79. The van der Waals surface area contributed by atoms with Crippen LogP contribution in [-0.2, 0) is 0 Å². The van der Waals surface area contributed by atoms with Crippen LogP contribution in [0.2, 0.25) is 24.7 Å². The summed E-state index contributed by atoms with van der Waals surface area (Å²) in [5, 5.41) is 0.513. The number of hydrogen-bond acceptors (Lipinski definition) is 2. The van der Waals surface area contributed by atoms with E-state index in [9.17, 15) is 4.79 Å². The van der Waals surface area contributed by atoms with E-state index in [1.54, 1.807) is 6.07 Å². The Bertz CT molecular complexity index is 383. The predicted octanol–water partition coefficient (Wildman–Crippen LogP) is 3.67. The Morgan fingerprint density at radius 2 is 1.93 bits per heavy atom. The minimum atomic E-state index is -1.74. The second-order valence-corrected chi connectivity index (χ2v) is 9.33. The van der Waals surface area contributed by atoms with Crippen LogP contribution < -0.4 is 4.43 Å². The van der Waals surface area contributed by atoms with Gasteiger partial charge < -0.3 is 4.43 Å². The fraction of sp³-hybridized carbons (Fsp3) is 0.364. The number of halogens is 1. The molecule has 1 aromatic carbocycles. The number of carbonyl (C=O) groups is 1. The largest absolute Gasteiger partial charge is 0.543 e. The van der Waals surface area contributed by atoms with Gasteiger partial charge in [0.1, 0.15) is 5.75 Å². The molecule has 0 unspecified atom stereocenters. The van der Waals surface area contributed by atoms with Crippen molar-refractivity contribution in [1.29, 1.82) is 0 Å². The highest BCUT2D eigenvalue weighted by atomic mass is 35.5. The molecule has 0 N–H and O–H groups in total. The van der Waals surface area contributed by atoms with E-state index in [2.05, 4.69) is 19.6 Å². The molecule has 0 heterocycles. The van der Waals surface area contributed by atoms with Crippen molar-refractivity contribution in [3.63, 3.8) is 0 Å². The first-order valence-electron chi connectivity index (χ1n) is 4.78. The van der Waals surface area contributed by atoms with E-state index < -0.39 is 8.32 Å². The van der Waals surface area contributed by atoms with Gasteiger partial charge in [0, 0.05) is 0 Å². The van der Waals surface area contributed by atoms with Crippen LogP contribution in [0.3, 0.4) is 0 Å². The minimum Gasteiger partial charge on any atom is -0.543 e. The topological polar surface area (TPSA) is 26.3 Å². The summed E-state index contributed by atoms with van der Waals surface area (Å²) >= 11 is 6.06.